The van der Waals surface area contributed by atoms with E-state index >= 15 is 0 Å². The minimum absolute atomic E-state index is 0.586. The molecule has 1 atom stereocenters. The minimum atomic E-state index is 0.586. The minimum Gasteiger partial charge on any atom is -0.419 e. The molecule has 104 valence electrons. The first-order valence-corrected chi connectivity index (χ1v) is 7.15. The van der Waals surface area contributed by atoms with Gasteiger partial charge >= 0.3 is 0 Å². The maximum Gasteiger partial charge on any atom is 0.247 e. The number of hydrogen-bond donors (Lipinski definition) is 1. The lowest BCUT2D eigenvalue weighted by Gasteiger charge is -2.17. The van der Waals surface area contributed by atoms with Crippen LogP contribution in [-0.4, -0.2) is 16.7 Å². The first kappa shape index (κ1) is 13.1. The van der Waals surface area contributed by atoms with Crippen molar-refractivity contribution in [2.75, 3.05) is 6.54 Å². The summed E-state index contributed by atoms with van der Waals surface area (Å²) in [4.78, 5) is 0. The van der Waals surface area contributed by atoms with E-state index in [1.807, 2.05) is 30.3 Å². The molecule has 4 heteroatoms. The third-order valence-corrected chi connectivity index (χ3v) is 3.57. The van der Waals surface area contributed by atoms with Crippen LogP contribution in [0.4, 0.5) is 0 Å². The molecular weight excluding hydrogens is 250 g/mol. The number of nitrogens with one attached hydrogen (secondary N) is 1. The molecule has 1 aromatic carbocycles. The van der Waals surface area contributed by atoms with Gasteiger partial charge in [-0.25, -0.2) is 0 Å². The molecule has 0 amide bonds. The van der Waals surface area contributed by atoms with E-state index in [0.29, 0.717) is 18.3 Å². The molecular formula is C16H19N3O. The molecule has 0 spiro atoms. The van der Waals surface area contributed by atoms with Crippen molar-refractivity contribution in [3.63, 3.8) is 0 Å². The Morgan fingerprint density at radius 2 is 2.05 bits per heavy atom. The van der Waals surface area contributed by atoms with Crippen LogP contribution < -0.4 is 5.32 Å². The lowest BCUT2D eigenvalue weighted by Crippen LogP contribution is -2.23. The van der Waals surface area contributed by atoms with Crippen LogP contribution in [0.25, 0.3) is 11.5 Å². The number of allylic oxidation sites excluding steroid dienone is 2. The van der Waals surface area contributed by atoms with E-state index in [1.165, 1.54) is 19.3 Å². The summed E-state index contributed by atoms with van der Waals surface area (Å²) in [6.45, 7) is 1.65. The molecule has 2 aromatic rings. The van der Waals surface area contributed by atoms with Gasteiger partial charge in [-0.15, -0.1) is 10.2 Å². The average Bonchev–Trinajstić information content (AvgIpc) is 2.98. The molecule has 4 nitrogen and oxygen atoms in total. The van der Waals surface area contributed by atoms with Gasteiger partial charge in [0.25, 0.3) is 0 Å². The molecule has 1 N–H and O–H groups in total. The van der Waals surface area contributed by atoms with Gasteiger partial charge in [-0.05, 0) is 43.9 Å². The number of aromatic nitrogens is 2. The molecule has 1 heterocycles. The van der Waals surface area contributed by atoms with Gasteiger partial charge in [-0.3, -0.25) is 0 Å². The van der Waals surface area contributed by atoms with Gasteiger partial charge in [0, 0.05) is 5.56 Å². The summed E-state index contributed by atoms with van der Waals surface area (Å²) in [5.41, 5.74) is 0.962. The largest absolute Gasteiger partial charge is 0.419 e. The molecule has 3 rings (SSSR count). The summed E-state index contributed by atoms with van der Waals surface area (Å²) >= 11 is 0. The normalized spacial score (nSPS) is 18.3. The third-order valence-electron chi connectivity index (χ3n) is 3.57. The van der Waals surface area contributed by atoms with E-state index in [0.717, 1.165) is 18.0 Å². The van der Waals surface area contributed by atoms with E-state index in [-0.39, 0.29) is 0 Å². The van der Waals surface area contributed by atoms with Crippen LogP contribution in [0.3, 0.4) is 0 Å². The first-order chi connectivity index (χ1) is 9.92. The molecule has 0 radical (unpaired) electrons. The Kier molecular flexibility index (Phi) is 4.23. The van der Waals surface area contributed by atoms with Crippen molar-refractivity contribution in [3.05, 3.63) is 48.4 Å². The second-order valence-corrected chi connectivity index (χ2v) is 5.15. The zero-order valence-electron chi connectivity index (χ0n) is 11.5. The van der Waals surface area contributed by atoms with Crippen LogP contribution in [0.2, 0.25) is 0 Å². The fraction of sp³-hybridized carbons (Fsp3) is 0.375. The van der Waals surface area contributed by atoms with Gasteiger partial charge in [0.2, 0.25) is 11.8 Å². The molecule has 20 heavy (non-hydrogen) atoms. The maximum absolute atomic E-state index is 5.66. The zero-order valence-corrected chi connectivity index (χ0v) is 11.5. The Hall–Kier alpha value is -1.94. The lowest BCUT2D eigenvalue weighted by atomic mass is 9.94. The van der Waals surface area contributed by atoms with Crippen LogP contribution in [-0.2, 0) is 6.54 Å². The van der Waals surface area contributed by atoms with E-state index in [1.54, 1.807) is 0 Å². The van der Waals surface area contributed by atoms with Crippen molar-refractivity contribution in [1.29, 1.82) is 0 Å². The van der Waals surface area contributed by atoms with Gasteiger partial charge in [0.15, 0.2) is 0 Å². The monoisotopic (exact) mass is 269 g/mol. The van der Waals surface area contributed by atoms with Crippen molar-refractivity contribution in [3.8, 4) is 11.5 Å². The molecule has 1 unspecified atom stereocenters. The third kappa shape index (κ3) is 3.33. The van der Waals surface area contributed by atoms with Crippen molar-refractivity contribution < 1.29 is 4.42 Å². The zero-order chi connectivity index (χ0) is 13.6. The molecule has 0 saturated carbocycles. The Morgan fingerprint density at radius 1 is 1.15 bits per heavy atom. The number of nitrogens with zero attached hydrogens (tertiary/aromatic N) is 2. The van der Waals surface area contributed by atoms with Gasteiger partial charge in [0.1, 0.15) is 0 Å². The van der Waals surface area contributed by atoms with Crippen LogP contribution in [0, 0.1) is 5.92 Å². The smallest absolute Gasteiger partial charge is 0.247 e. The summed E-state index contributed by atoms with van der Waals surface area (Å²) in [6.07, 6.45) is 8.18. The second-order valence-electron chi connectivity index (χ2n) is 5.15. The molecule has 1 aromatic heterocycles. The quantitative estimate of drug-likeness (QED) is 0.847. The molecule has 1 aliphatic rings. The van der Waals surface area contributed by atoms with Crippen molar-refractivity contribution in [2.24, 2.45) is 5.92 Å². The van der Waals surface area contributed by atoms with E-state index in [2.05, 4.69) is 27.7 Å². The standard InChI is InChI=1S/C16H19N3O/c1-3-7-13(8-4-1)11-17-12-15-18-19-16(20-15)14-9-5-2-6-10-14/h1-3,5-6,9-10,13,17H,4,7-8,11-12H2. The average molecular weight is 269 g/mol. The van der Waals surface area contributed by atoms with Gasteiger partial charge in [0.05, 0.1) is 6.54 Å². The summed E-state index contributed by atoms with van der Waals surface area (Å²) in [7, 11) is 0. The first-order valence-electron chi connectivity index (χ1n) is 7.15. The van der Waals surface area contributed by atoms with Crippen LogP contribution >= 0.6 is 0 Å². The number of rotatable bonds is 5. The predicted octanol–water partition coefficient (Wildman–Crippen LogP) is 3.18. The number of benzene rings is 1. The molecule has 1 aliphatic carbocycles. The van der Waals surface area contributed by atoms with Crippen molar-refractivity contribution in [1.82, 2.24) is 15.5 Å². The van der Waals surface area contributed by atoms with E-state index in [9.17, 15) is 0 Å². The second kappa shape index (κ2) is 6.48. The fourth-order valence-corrected chi connectivity index (χ4v) is 2.45. The Labute approximate surface area is 118 Å². The number of hydrogen-bond acceptors (Lipinski definition) is 4. The molecule has 0 aliphatic heterocycles. The summed E-state index contributed by atoms with van der Waals surface area (Å²) in [5.74, 6) is 1.97. The Bertz CT molecular complexity index is 562. The SMILES string of the molecule is C1=CCC(CNCc2nnc(-c3ccccc3)o2)CC1. The van der Waals surface area contributed by atoms with Crippen molar-refractivity contribution in [2.45, 2.75) is 25.8 Å². The van der Waals surface area contributed by atoms with Gasteiger partial charge in [-0.2, -0.15) is 0 Å². The van der Waals surface area contributed by atoms with Crippen LogP contribution in [0.15, 0.2) is 46.9 Å². The van der Waals surface area contributed by atoms with Crippen LogP contribution in [0.1, 0.15) is 25.2 Å². The molecule has 0 bridgehead atoms. The molecule has 0 fully saturated rings. The molecule has 0 saturated heterocycles. The van der Waals surface area contributed by atoms with Gasteiger partial charge < -0.3 is 9.73 Å². The fourth-order valence-electron chi connectivity index (χ4n) is 2.45. The van der Waals surface area contributed by atoms with Gasteiger partial charge in [-0.1, -0.05) is 30.4 Å². The Morgan fingerprint density at radius 3 is 2.85 bits per heavy atom. The topological polar surface area (TPSA) is 51.0 Å². The predicted molar refractivity (Wildman–Crippen MR) is 77.9 cm³/mol. The Balaban J connectivity index is 1.51. The maximum atomic E-state index is 5.66. The highest BCUT2D eigenvalue weighted by Crippen LogP contribution is 2.18. The van der Waals surface area contributed by atoms with Crippen molar-refractivity contribution >= 4 is 0 Å². The lowest BCUT2D eigenvalue weighted by molar-refractivity contribution is 0.413. The summed E-state index contributed by atoms with van der Waals surface area (Å²) in [5, 5.41) is 11.6. The highest BCUT2D eigenvalue weighted by Gasteiger charge is 2.11. The highest BCUT2D eigenvalue weighted by atomic mass is 16.4. The van der Waals surface area contributed by atoms with Crippen LogP contribution in [0.5, 0.6) is 0 Å². The van der Waals surface area contributed by atoms with E-state index in [4.69, 9.17) is 4.42 Å². The summed E-state index contributed by atoms with van der Waals surface area (Å²) in [6, 6.07) is 9.85. The van der Waals surface area contributed by atoms with E-state index < -0.39 is 0 Å². The highest BCUT2D eigenvalue weighted by molar-refractivity contribution is 5.51. The summed E-state index contributed by atoms with van der Waals surface area (Å²) < 4.78 is 5.66.